The Labute approximate surface area is 174 Å². The number of rotatable bonds is 6. The van der Waals surface area contributed by atoms with Crippen molar-refractivity contribution in [1.82, 2.24) is 9.88 Å². The first-order valence-electron chi connectivity index (χ1n) is 10.9. The topological polar surface area (TPSA) is 36.1 Å². The second-order valence-corrected chi connectivity index (χ2v) is 9.10. The molecule has 0 atom stereocenters. The van der Waals surface area contributed by atoms with Crippen LogP contribution in [0.1, 0.15) is 59.7 Å². The number of carbonyl (C=O) groups is 1. The van der Waals surface area contributed by atoms with Crippen LogP contribution in [0.5, 0.6) is 0 Å². The highest BCUT2D eigenvalue weighted by Crippen LogP contribution is 2.33. The van der Waals surface area contributed by atoms with Gasteiger partial charge in [0.15, 0.2) is 5.78 Å². The summed E-state index contributed by atoms with van der Waals surface area (Å²) in [6.45, 7) is 6.73. The molecule has 4 rings (SSSR count). The Morgan fingerprint density at radius 3 is 2.66 bits per heavy atom. The highest BCUT2D eigenvalue weighted by molar-refractivity contribution is 5.98. The Hall–Kier alpha value is -2.39. The highest BCUT2D eigenvalue weighted by Gasteiger charge is 2.21. The Morgan fingerprint density at radius 2 is 1.90 bits per heavy atom. The van der Waals surface area contributed by atoms with Crippen LogP contribution in [0.4, 0.5) is 0 Å². The molecule has 0 unspecified atom stereocenters. The van der Waals surface area contributed by atoms with E-state index in [0.717, 1.165) is 30.6 Å². The molecule has 152 valence electrons. The lowest BCUT2D eigenvalue weighted by Gasteiger charge is -2.28. The predicted molar refractivity (Wildman–Crippen MR) is 121 cm³/mol. The number of likely N-dealkylation sites (tertiary alicyclic amines) is 1. The number of fused-ring (bicyclic) bond motifs is 1. The molecule has 29 heavy (non-hydrogen) atoms. The summed E-state index contributed by atoms with van der Waals surface area (Å²) in [6.07, 6.45) is 6.06. The quantitative estimate of drug-likeness (QED) is 0.558. The summed E-state index contributed by atoms with van der Waals surface area (Å²) in [7, 11) is 2.20. The van der Waals surface area contributed by atoms with Crippen molar-refractivity contribution in [3.8, 4) is 0 Å². The van der Waals surface area contributed by atoms with Crippen molar-refractivity contribution in [2.24, 2.45) is 5.92 Å². The average Bonchev–Trinajstić information content (AvgIpc) is 3.11. The van der Waals surface area contributed by atoms with Crippen molar-refractivity contribution in [1.29, 1.82) is 0 Å². The number of piperidine rings is 1. The number of hydrogen-bond acceptors (Lipinski definition) is 2. The minimum absolute atomic E-state index is 0.200. The van der Waals surface area contributed by atoms with E-state index < -0.39 is 0 Å². The van der Waals surface area contributed by atoms with Gasteiger partial charge in [-0.15, -0.1) is 0 Å². The number of aromatic amines is 1. The van der Waals surface area contributed by atoms with Gasteiger partial charge < -0.3 is 9.88 Å². The molecule has 0 amide bonds. The van der Waals surface area contributed by atoms with E-state index in [1.807, 2.05) is 12.1 Å². The number of Topliss-reactive ketones (excluding diaryl/α,β-unsaturated/α-hetero) is 1. The van der Waals surface area contributed by atoms with Gasteiger partial charge in [0.05, 0.1) is 0 Å². The second kappa shape index (κ2) is 8.54. The summed E-state index contributed by atoms with van der Waals surface area (Å²) < 4.78 is 0. The number of benzene rings is 2. The van der Waals surface area contributed by atoms with Gasteiger partial charge in [0, 0.05) is 29.1 Å². The van der Waals surface area contributed by atoms with Gasteiger partial charge in [0.25, 0.3) is 0 Å². The Balaban J connectivity index is 1.54. The molecule has 1 aliphatic heterocycles. The smallest absolute Gasteiger partial charge is 0.167 e. The first-order valence-corrected chi connectivity index (χ1v) is 10.9. The van der Waals surface area contributed by atoms with E-state index in [9.17, 15) is 4.79 Å². The fraction of sp³-hybridized carbons (Fsp3) is 0.423. The Bertz CT molecular complexity index is 993. The van der Waals surface area contributed by atoms with Crippen molar-refractivity contribution >= 4 is 16.7 Å². The number of nitrogens with one attached hydrogen (secondary N) is 1. The van der Waals surface area contributed by atoms with Crippen molar-refractivity contribution in [3.63, 3.8) is 0 Å². The number of ketones is 1. The summed E-state index contributed by atoms with van der Waals surface area (Å²) in [5.41, 5.74) is 5.77. The zero-order chi connectivity index (χ0) is 20.4. The van der Waals surface area contributed by atoms with Crippen LogP contribution in [0.25, 0.3) is 10.9 Å². The van der Waals surface area contributed by atoms with Crippen LogP contribution in [-0.2, 0) is 12.8 Å². The molecule has 0 spiro atoms. The number of aromatic nitrogens is 1. The zero-order valence-electron chi connectivity index (χ0n) is 17.9. The number of H-pyrrole nitrogens is 1. The predicted octanol–water partition coefficient (Wildman–Crippen LogP) is 5.60. The lowest BCUT2D eigenvalue weighted by Crippen LogP contribution is -2.29. The van der Waals surface area contributed by atoms with Crippen molar-refractivity contribution < 1.29 is 4.79 Å². The Kier molecular flexibility index (Phi) is 5.86. The van der Waals surface area contributed by atoms with Crippen LogP contribution in [0, 0.1) is 5.92 Å². The molecular weight excluding hydrogens is 356 g/mol. The van der Waals surface area contributed by atoms with Gasteiger partial charge in [0.2, 0.25) is 0 Å². The number of nitrogens with zero attached hydrogens (tertiary/aromatic N) is 1. The molecule has 3 heteroatoms. The third-order valence-electron chi connectivity index (χ3n) is 6.19. The molecule has 0 bridgehead atoms. The van der Waals surface area contributed by atoms with E-state index in [-0.39, 0.29) is 5.78 Å². The minimum atomic E-state index is 0.200. The molecule has 0 saturated carbocycles. The van der Waals surface area contributed by atoms with Crippen LogP contribution in [0.3, 0.4) is 0 Å². The maximum absolute atomic E-state index is 12.9. The lowest BCUT2D eigenvalue weighted by molar-refractivity contribution is 0.0993. The van der Waals surface area contributed by atoms with Gasteiger partial charge in [-0.1, -0.05) is 38.1 Å². The second-order valence-electron chi connectivity index (χ2n) is 9.10. The molecule has 2 aromatic carbocycles. The van der Waals surface area contributed by atoms with E-state index in [4.69, 9.17) is 0 Å². The molecular formula is C26H32N2O. The summed E-state index contributed by atoms with van der Waals surface area (Å²) >= 11 is 0. The van der Waals surface area contributed by atoms with Crippen LogP contribution in [0.15, 0.2) is 48.7 Å². The molecule has 2 heterocycles. The van der Waals surface area contributed by atoms with E-state index in [2.05, 4.69) is 67.3 Å². The van der Waals surface area contributed by atoms with Gasteiger partial charge in [-0.2, -0.15) is 0 Å². The molecule has 0 radical (unpaired) electrons. The summed E-state index contributed by atoms with van der Waals surface area (Å²) in [5.74, 6) is 1.40. The molecule has 1 aliphatic rings. The fourth-order valence-electron chi connectivity index (χ4n) is 4.59. The number of carbonyl (C=O) groups excluding carboxylic acids is 1. The molecule has 0 aliphatic carbocycles. The van der Waals surface area contributed by atoms with E-state index in [1.54, 1.807) is 0 Å². The molecule has 1 fully saturated rings. The lowest BCUT2D eigenvalue weighted by atomic mass is 9.88. The van der Waals surface area contributed by atoms with Gasteiger partial charge in [-0.25, -0.2) is 0 Å². The zero-order valence-corrected chi connectivity index (χ0v) is 17.9. The van der Waals surface area contributed by atoms with Crippen LogP contribution in [0.2, 0.25) is 0 Å². The third kappa shape index (κ3) is 4.62. The summed E-state index contributed by atoms with van der Waals surface area (Å²) in [5, 5.41) is 1.29. The molecule has 3 nitrogen and oxygen atoms in total. The fourth-order valence-corrected chi connectivity index (χ4v) is 4.59. The highest BCUT2D eigenvalue weighted by atomic mass is 16.1. The summed E-state index contributed by atoms with van der Waals surface area (Å²) in [4.78, 5) is 18.8. The van der Waals surface area contributed by atoms with Crippen molar-refractivity contribution in [2.75, 3.05) is 20.1 Å². The van der Waals surface area contributed by atoms with Crippen molar-refractivity contribution in [3.05, 3.63) is 70.9 Å². The minimum Gasteiger partial charge on any atom is -0.361 e. The largest absolute Gasteiger partial charge is 0.361 e. The SMILES string of the molecule is CC(C)Cc1cccc(C(=O)Cc2ccc3[nH]cc(C4CCN(C)CC4)c3c2)c1. The number of hydrogen-bond donors (Lipinski definition) is 1. The normalized spacial score (nSPS) is 16.0. The maximum Gasteiger partial charge on any atom is 0.167 e. The average molecular weight is 389 g/mol. The molecule has 1 saturated heterocycles. The Morgan fingerprint density at radius 1 is 1.10 bits per heavy atom. The molecule has 1 aromatic heterocycles. The van der Waals surface area contributed by atoms with Crippen LogP contribution in [-0.4, -0.2) is 35.8 Å². The third-order valence-corrected chi connectivity index (χ3v) is 6.19. The molecule has 1 N–H and O–H groups in total. The van der Waals surface area contributed by atoms with Gasteiger partial charge in [0.1, 0.15) is 0 Å². The first kappa shape index (κ1) is 19.9. The van der Waals surface area contributed by atoms with E-state index in [0.29, 0.717) is 18.3 Å². The standard InChI is InChI=1S/C26H32N2O/c1-18(2)13-19-5-4-6-22(14-19)26(29)16-20-7-8-25-23(15-20)24(17-27-25)21-9-11-28(3)12-10-21/h4-8,14-15,17-18,21,27H,9-13,16H2,1-3H3. The van der Waals surface area contributed by atoms with Crippen molar-refractivity contribution in [2.45, 2.75) is 45.4 Å². The van der Waals surface area contributed by atoms with Crippen LogP contribution >= 0.6 is 0 Å². The first-order chi connectivity index (χ1) is 14.0. The summed E-state index contributed by atoms with van der Waals surface area (Å²) in [6, 6.07) is 14.6. The van der Waals surface area contributed by atoms with E-state index >= 15 is 0 Å². The van der Waals surface area contributed by atoms with Gasteiger partial charge in [-0.05, 0) is 86.1 Å². The maximum atomic E-state index is 12.9. The molecule has 3 aromatic rings. The van der Waals surface area contributed by atoms with Gasteiger partial charge >= 0.3 is 0 Å². The van der Waals surface area contributed by atoms with Gasteiger partial charge in [-0.3, -0.25) is 4.79 Å². The van der Waals surface area contributed by atoms with Crippen LogP contribution < -0.4 is 0 Å². The monoisotopic (exact) mass is 388 g/mol. The van der Waals surface area contributed by atoms with E-state index in [1.165, 1.54) is 34.9 Å².